The molecule has 1 N–H and O–H groups in total. The Balaban J connectivity index is 1.74. The first-order chi connectivity index (χ1) is 15.6. The van der Waals surface area contributed by atoms with Gasteiger partial charge >= 0.3 is 0 Å². The number of aliphatic hydroxyl groups excluding tert-OH is 1. The number of carbonyl (C=O) groups excluding carboxylic acids is 2. The summed E-state index contributed by atoms with van der Waals surface area (Å²) in [5, 5.41) is 13.2. The second kappa shape index (κ2) is 7.78. The van der Waals surface area contributed by atoms with Gasteiger partial charge in [-0.1, -0.05) is 60.7 Å². The molecule has 1 saturated heterocycles. The second-order valence-corrected chi connectivity index (χ2v) is 7.77. The number of hydrogen-bond donors (Lipinski definition) is 1. The van der Waals surface area contributed by atoms with Gasteiger partial charge in [-0.2, -0.15) is 0 Å². The van der Waals surface area contributed by atoms with Gasteiger partial charge < -0.3 is 5.11 Å². The van der Waals surface area contributed by atoms with Gasteiger partial charge in [-0.3, -0.25) is 19.5 Å². The summed E-state index contributed by atoms with van der Waals surface area (Å²) in [7, 11) is 0. The zero-order valence-electron chi connectivity index (χ0n) is 17.4. The highest BCUT2D eigenvalue weighted by Crippen LogP contribution is 2.42. The number of fused-ring (bicyclic) bond motifs is 1. The molecule has 0 saturated carbocycles. The van der Waals surface area contributed by atoms with Gasteiger partial charge in [0.15, 0.2) is 0 Å². The van der Waals surface area contributed by atoms with E-state index < -0.39 is 17.7 Å². The van der Waals surface area contributed by atoms with Gasteiger partial charge in [-0.15, -0.1) is 0 Å². The molecule has 0 spiro atoms. The number of rotatable bonds is 3. The second-order valence-electron chi connectivity index (χ2n) is 7.77. The number of amides is 1. The lowest BCUT2D eigenvalue weighted by Crippen LogP contribution is -2.30. The van der Waals surface area contributed by atoms with E-state index in [0.717, 1.165) is 16.3 Å². The summed E-state index contributed by atoms with van der Waals surface area (Å²) in [5.74, 6) is -1.62. The van der Waals surface area contributed by atoms with Gasteiger partial charge in [0.05, 0.1) is 11.3 Å². The zero-order valence-corrected chi connectivity index (χ0v) is 17.4. The number of aryl methyl sites for hydroxylation is 1. The van der Waals surface area contributed by atoms with E-state index in [1.165, 1.54) is 4.90 Å². The van der Waals surface area contributed by atoms with Gasteiger partial charge in [-0.05, 0) is 47.5 Å². The van der Waals surface area contributed by atoms with Crippen LogP contribution in [0.1, 0.15) is 22.9 Å². The van der Waals surface area contributed by atoms with Crippen LogP contribution in [0.2, 0.25) is 0 Å². The maximum absolute atomic E-state index is 13.2. The van der Waals surface area contributed by atoms with Crippen LogP contribution in [-0.2, 0) is 9.59 Å². The molecule has 3 aromatic carbocycles. The van der Waals surface area contributed by atoms with Crippen LogP contribution in [0.15, 0.2) is 96.7 Å². The summed E-state index contributed by atoms with van der Waals surface area (Å²) in [6.45, 7) is 1.88. The molecule has 4 aromatic rings. The molecular weight excluding hydrogens is 400 g/mol. The van der Waals surface area contributed by atoms with E-state index >= 15 is 0 Å². The zero-order chi connectivity index (χ0) is 22.2. The van der Waals surface area contributed by atoms with Crippen LogP contribution in [0.4, 0.5) is 5.69 Å². The van der Waals surface area contributed by atoms with Crippen molar-refractivity contribution in [3.05, 3.63) is 114 Å². The number of benzene rings is 3. The largest absolute Gasteiger partial charge is 0.507 e. The number of para-hydroxylation sites is 1. The number of nitrogens with zero attached hydrogens (tertiary/aromatic N) is 2. The van der Waals surface area contributed by atoms with Gasteiger partial charge in [-0.25, -0.2) is 0 Å². The summed E-state index contributed by atoms with van der Waals surface area (Å²) in [6, 6.07) is 25.1. The van der Waals surface area contributed by atoms with Crippen LogP contribution in [0, 0.1) is 6.92 Å². The van der Waals surface area contributed by atoms with Gasteiger partial charge in [0.1, 0.15) is 11.8 Å². The summed E-state index contributed by atoms with van der Waals surface area (Å²) < 4.78 is 0. The fourth-order valence-corrected chi connectivity index (χ4v) is 4.22. The Bertz CT molecular complexity index is 1390. The van der Waals surface area contributed by atoms with E-state index in [1.807, 2.05) is 61.5 Å². The van der Waals surface area contributed by atoms with Crippen molar-refractivity contribution in [2.45, 2.75) is 13.0 Å². The predicted octanol–water partition coefficient (Wildman–Crippen LogP) is 5.17. The van der Waals surface area contributed by atoms with E-state index in [1.54, 1.807) is 36.5 Å². The van der Waals surface area contributed by atoms with Crippen molar-refractivity contribution in [1.29, 1.82) is 0 Å². The molecule has 5 nitrogen and oxygen atoms in total. The molecule has 0 radical (unpaired) electrons. The third kappa shape index (κ3) is 3.15. The highest BCUT2D eigenvalue weighted by atomic mass is 16.3. The first-order valence-corrected chi connectivity index (χ1v) is 10.3. The fraction of sp³-hybridized carbons (Fsp3) is 0.0741. The normalized spacial score (nSPS) is 17.8. The molecule has 1 aliphatic rings. The number of carbonyl (C=O) groups is 2. The van der Waals surface area contributed by atoms with Crippen molar-refractivity contribution in [3.8, 4) is 0 Å². The molecule has 156 valence electrons. The Labute approximate surface area is 185 Å². The average Bonchev–Trinajstić information content (AvgIpc) is 3.09. The maximum atomic E-state index is 13.2. The summed E-state index contributed by atoms with van der Waals surface area (Å²) in [4.78, 5) is 32.3. The van der Waals surface area contributed by atoms with E-state index in [-0.39, 0.29) is 11.3 Å². The lowest BCUT2D eigenvalue weighted by atomic mass is 9.96. The van der Waals surface area contributed by atoms with Gasteiger partial charge in [0, 0.05) is 17.4 Å². The van der Waals surface area contributed by atoms with Gasteiger partial charge in [0.25, 0.3) is 11.7 Å². The number of Topliss-reactive ketones (excluding diaryl/α,β-unsaturated/α-hetero) is 1. The Kier molecular flexibility index (Phi) is 4.79. The SMILES string of the molecule is Cc1ccccc1N1C(=O)C(=O)/C(=C(\O)c2ccc3ccccc3c2)C1c1ccccn1. The number of aromatic nitrogens is 1. The van der Waals surface area contributed by atoms with Crippen LogP contribution in [0.25, 0.3) is 16.5 Å². The molecule has 32 heavy (non-hydrogen) atoms. The van der Waals surface area contributed by atoms with Crippen LogP contribution in [-0.4, -0.2) is 21.8 Å². The number of hydrogen-bond acceptors (Lipinski definition) is 4. The lowest BCUT2D eigenvalue weighted by Gasteiger charge is -2.26. The highest BCUT2D eigenvalue weighted by molar-refractivity contribution is 6.51. The summed E-state index contributed by atoms with van der Waals surface area (Å²) in [6.07, 6.45) is 1.61. The molecule has 1 aliphatic heterocycles. The molecule has 1 unspecified atom stereocenters. The van der Waals surface area contributed by atoms with E-state index in [0.29, 0.717) is 16.9 Å². The molecule has 1 atom stereocenters. The fourth-order valence-electron chi connectivity index (χ4n) is 4.22. The minimum Gasteiger partial charge on any atom is -0.507 e. The molecule has 0 aliphatic carbocycles. The van der Waals surface area contributed by atoms with Crippen molar-refractivity contribution in [3.63, 3.8) is 0 Å². The van der Waals surface area contributed by atoms with Crippen molar-refractivity contribution in [1.82, 2.24) is 4.98 Å². The van der Waals surface area contributed by atoms with Crippen molar-refractivity contribution in [2.75, 3.05) is 4.90 Å². The van der Waals surface area contributed by atoms with E-state index in [4.69, 9.17) is 0 Å². The minimum absolute atomic E-state index is 0.0345. The molecule has 5 rings (SSSR count). The van der Waals surface area contributed by atoms with Crippen molar-refractivity contribution >= 4 is 33.9 Å². The van der Waals surface area contributed by atoms with Crippen molar-refractivity contribution in [2.24, 2.45) is 0 Å². The minimum atomic E-state index is -0.830. The number of anilines is 1. The summed E-state index contributed by atoms with van der Waals surface area (Å²) >= 11 is 0. The highest BCUT2D eigenvalue weighted by Gasteiger charge is 2.47. The maximum Gasteiger partial charge on any atom is 0.300 e. The lowest BCUT2D eigenvalue weighted by molar-refractivity contribution is -0.132. The third-order valence-electron chi connectivity index (χ3n) is 5.81. The number of ketones is 1. The molecule has 5 heteroatoms. The Morgan fingerprint density at radius 2 is 1.59 bits per heavy atom. The monoisotopic (exact) mass is 420 g/mol. The number of aliphatic hydroxyl groups is 1. The quantitative estimate of drug-likeness (QED) is 0.282. The van der Waals surface area contributed by atoms with E-state index in [9.17, 15) is 14.7 Å². The molecule has 0 bridgehead atoms. The predicted molar refractivity (Wildman–Crippen MR) is 124 cm³/mol. The van der Waals surface area contributed by atoms with Crippen LogP contribution in [0.5, 0.6) is 0 Å². The first-order valence-electron chi connectivity index (χ1n) is 10.3. The molecular formula is C27H20N2O3. The molecule has 2 heterocycles. The molecule has 1 aromatic heterocycles. The Morgan fingerprint density at radius 3 is 2.34 bits per heavy atom. The Morgan fingerprint density at radius 1 is 0.875 bits per heavy atom. The standard InChI is InChI=1S/C27H20N2O3/c1-17-8-2-5-12-22(17)29-24(21-11-6-7-15-28-21)23(26(31)27(29)32)25(30)20-14-13-18-9-3-4-10-19(18)16-20/h2-16,24,30H,1H3/b25-23-. The van der Waals surface area contributed by atoms with Gasteiger partial charge in [0.2, 0.25) is 0 Å². The third-order valence-corrected chi connectivity index (χ3v) is 5.81. The topological polar surface area (TPSA) is 70.5 Å². The Hall–Kier alpha value is -4.25. The number of pyridine rings is 1. The van der Waals surface area contributed by atoms with Crippen LogP contribution < -0.4 is 4.90 Å². The molecule has 1 amide bonds. The van der Waals surface area contributed by atoms with Crippen LogP contribution >= 0.6 is 0 Å². The van der Waals surface area contributed by atoms with Crippen LogP contribution in [0.3, 0.4) is 0 Å². The first kappa shape index (κ1) is 19.7. The van der Waals surface area contributed by atoms with E-state index in [2.05, 4.69) is 4.98 Å². The smallest absolute Gasteiger partial charge is 0.300 e. The molecule has 1 fully saturated rings. The summed E-state index contributed by atoms with van der Waals surface area (Å²) in [5.41, 5.74) is 2.49. The van der Waals surface area contributed by atoms with Crippen molar-refractivity contribution < 1.29 is 14.7 Å². The average molecular weight is 420 g/mol.